The van der Waals surface area contributed by atoms with Gasteiger partial charge in [0, 0.05) is 18.2 Å². The van der Waals surface area contributed by atoms with Crippen LogP contribution in [-0.2, 0) is 4.79 Å². The first-order valence-corrected chi connectivity index (χ1v) is 6.55. The lowest BCUT2D eigenvalue weighted by molar-refractivity contribution is -0.117. The summed E-state index contributed by atoms with van der Waals surface area (Å²) in [5.41, 5.74) is 1.09. The van der Waals surface area contributed by atoms with Gasteiger partial charge in [0.25, 0.3) is 0 Å². The van der Waals surface area contributed by atoms with Crippen molar-refractivity contribution in [2.75, 3.05) is 0 Å². The highest BCUT2D eigenvalue weighted by atomic mass is 16.3. The molecular formula is C13H24N2O2. The van der Waals surface area contributed by atoms with Crippen LogP contribution in [0, 0.1) is 5.92 Å². The lowest BCUT2D eigenvalue weighted by Gasteiger charge is -2.17. The van der Waals surface area contributed by atoms with Gasteiger partial charge in [-0.3, -0.25) is 5.32 Å². The first kappa shape index (κ1) is 14.3. The Morgan fingerprint density at radius 3 is 2.82 bits per heavy atom. The Hall–Kier alpha value is -0.740. The fourth-order valence-corrected chi connectivity index (χ4v) is 2.30. The number of hydrogen-bond donors (Lipinski definition) is 2. The summed E-state index contributed by atoms with van der Waals surface area (Å²) in [6.45, 7) is 5.88. The minimum absolute atomic E-state index is 0.216. The van der Waals surface area contributed by atoms with Crippen LogP contribution in [0.3, 0.4) is 0 Å². The van der Waals surface area contributed by atoms with E-state index >= 15 is 0 Å². The number of aliphatic hydroxyl groups is 1. The number of unbranched alkanes of at least 4 members (excludes halogenated alkanes) is 1. The quantitative estimate of drug-likeness (QED) is 0.668. The van der Waals surface area contributed by atoms with Gasteiger partial charge in [0.05, 0.1) is 0 Å². The summed E-state index contributed by atoms with van der Waals surface area (Å²) in [5.74, 6) is 0.649. The maximum Gasteiger partial charge on any atom is 0.202 e. The second kappa shape index (κ2) is 6.87. The average molecular weight is 240 g/mol. The number of Topliss-reactive ketones (excluding diaryl/α,β-unsaturated/α-hetero) is 1. The summed E-state index contributed by atoms with van der Waals surface area (Å²) < 4.78 is 0. The average Bonchev–Trinajstić information content (AvgIpc) is 2.65. The molecule has 17 heavy (non-hydrogen) atoms. The van der Waals surface area contributed by atoms with Gasteiger partial charge in [-0.15, -0.1) is 0 Å². The topological polar surface area (TPSA) is 61.7 Å². The minimum Gasteiger partial charge on any atom is -0.360 e. The van der Waals surface area contributed by atoms with E-state index in [0.717, 1.165) is 31.4 Å². The standard InChI is InChI=1S/C13H24N2O2/c1-4-11-12(15-13(17)14-11)9(2)7-5-6-8-10(3)16/h9,11,13-14,17H,4-8H2,1-3H3/t9-,11+,13?/m0/s1. The van der Waals surface area contributed by atoms with Crippen LogP contribution >= 0.6 is 0 Å². The molecule has 1 aliphatic rings. The number of aliphatic hydroxyl groups excluding tert-OH is 1. The molecule has 0 amide bonds. The Balaban J connectivity index is 2.34. The van der Waals surface area contributed by atoms with Gasteiger partial charge in [0.2, 0.25) is 6.35 Å². The molecule has 0 spiro atoms. The van der Waals surface area contributed by atoms with E-state index in [0.29, 0.717) is 12.3 Å². The van der Waals surface area contributed by atoms with Crippen molar-refractivity contribution in [2.45, 2.75) is 65.3 Å². The highest BCUT2D eigenvalue weighted by molar-refractivity contribution is 5.92. The van der Waals surface area contributed by atoms with Crippen molar-refractivity contribution in [3.63, 3.8) is 0 Å². The van der Waals surface area contributed by atoms with Gasteiger partial charge < -0.3 is 9.90 Å². The first-order chi connectivity index (χ1) is 8.04. The molecule has 1 aliphatic heterocycles. The summed E-state index contributed by atoms with van der Waals surface area (Å²) in [4.78, 5) is 15.1. The van der Waals surface area contributed by atoms with Crippen LogP contribution in [0.2, 0.25) is 0 Å². The number of aliphatic imine (C=N–C) groups is 1. The smallest absolute Gasteiger partial charge is 0.202 e. The molecule has 98 valence electrons. The molecular weight excluding hydrogens is 216 g/mol. The van der Waals surface area contributed by atoms with Crippen LogP contribution in [0.25, 0.3) is 0 Å². The molecule has 0 bridgehead atoms. The van der Waals surface area contributed by atoms with E-state index in [1.807, 2.05) is 0 Å². The molecule has 0 fully saturated rings. The van der Waals surface area contributed by atoms with Crippen molar-refractivity contribution in [3.8, 4) is 0 Å². The van der Waals surface area contributed by atoms with Crippen molar-refractivity contribution in [1.29, 1.82) is 0 Å². The minimum atomic E-state index is -0.727. The molecule has 2 N–H and O–H groups in total. The van der Waals surface area contributed by atoms with E-state index in [1.165, 1.54) is 0 Å². The van der Waals surface area contributed by atoms with Gasteiger partial charge in [0.1, 0.15) is 5.78 Å². The lowest BCUT2D eigenvalue weighted by Crippen LogP contribution is -2.36. The Morgan fingerprint density at radius 2 is 2.24 bits per heavy atom. The molecule has 1 heterocycles. The monoisotopic (exact) mass is 240 g/mol. The molecule has 0 aliphatic carbocycles. The first-order valence-electron chi connectivity index (χ1n) is 6.55. The summed E-state index contributed by atoms with van der Waals surface area (Å²) >= 11 is 0. The summed E-state index contributed by atoms with van der Waals surface area (Å²) in [7, 11) is 0. The molecule has 3 atom stereocenters. The lowest BCUT2D eigenvalue weighted by atomic mass is 9.92. The number of ketones is 1. The molecule has 4 heteroatoms. The van der Waals surface area contributed by atoms with Gasteiger partial charge >= 0.3 is 0 Å². The Labute approximate surface area is 104 Å². The van der Waals surface area contributed by atoms with Gasteiger partial charge in [-0.2, -0.15) is 0 Å². The van der Waals surface area contributed by atoms with E-state index in [-0.39, 0.29) is 11.8 Å². The summed E-state index contributed by atoms with van der Waals surface area (Å²) in [6, 6.07) is 0.216. The maximum absolute atomic E-state index is 10.8. The number of carbonyl (C=O) groups is 1. The van der Waals surface area contributed by atoms with Crippen LogP contribution in [0.1, 0.15) is 52.9 Å². The van der Waals surface area contributed by atoms with Crippen LogP contribution < -0.4 is 5.32 Å². The highest BCUT2D eigenvalue weighted by Crippen LogP contribution is 2.19. The van der Waals surface area contributed by atoms with E-state index in [1.54, 1.807) is 6.92 Å². The number of nitrogens with one attached hydrogen (secondary N) is 1. The van der Waals surface area contributed by atoms with Crippen molar-refractivity contribution < 1.29 is 9.90 Å². The maximum atomic E-state index is 10.8. The summed E-state index contributed by atoms with van der Waals surface area (Å²) in [6.07, 6.45) is 3.95. The highest BCUT2D eigenvalue weighted by Gasteiger charge is 2.27. The van der Waals surface area contributed by atoms with Crippen LogP contribution in [0.5, 0.6) is 0 Å². The third-order valence-electron chi connectivity index (χ3n) is 3.31. The third-order valence-corrected chi connectivity index (χ3v) is 3.31. The predicted molar refractivity (Wildman–Crippen MR) is 69.0 cm³/mol. The Bertz CT molecular complexity index is 289. The molecule has 0 aromatic heterocycles. The zero-order valence-electron chi connectivity index (χ0n) is 11.1. The van der Waals surface area contributed by atoms with Gasteiger partial charge in [0.15, 0.2) is 0 Å². The van der Waals surface area contributed by atoms with E-state index in [9.17, 15) is 9.90 Å². The normalized spacial score (nSPS) is 25.8. The fraction of sp³-hybridized carbons (Fsp3) is 0.846. The largest absolute Gasteiger partial charge is 0.360 e. The van der Waals surface area contributed by atoms with Crippen molar-refractivity contribution >= 4 is 11.5 Å². The molecule has 0 saturated carbocycles. The molecule has 1 rings (SSSR count). The van der Waals surface area contributed by atoms with Gasteiger partial charge in [-0.1, -0.05) is 20.3 Å². The summed E-state index contributed by atoms with van der Waals surface area (Å²) in [5, 5.41) is 12.5. The SMILES string of the molecule is CC[C@H]1NC(O)N=C1[C@@H](C)CCCCC(C)=O. The van der Waals surface area contributed by atoms with Gasteiger partial charge in [-0.05, 0) is 32.1 Å². The van der Waals surface area contributed by atoms with Gasteiger partial charge in [-0.25, -0.2) is 4.99 Å². The number of rotatable bonds is 7. The molecule has 0 radical (unpaired) electrons. The van der Waals surface area contributed by atoms with E-state index in [4.69, 9.17) is 0 Å². The zero-order chi connectivity index (χ0) is 12.8. The van der Waals surface area contributed by atoms with Crippen LogP contribution in [0.4, 0.5) is 0 Å². The predicted octanol–water partition coefficient (Wildman–Crippen LogP) is 1.87. The molecule has 4 nitrogen and oxygen atoms in total. The number of nitrogens with zero attached hydrogens (tertiary/aromatic N) is 1. The third kappa shape index (κ3) is 4.56. The second-order valence-electron chi connectivity index (χ2n) is 4.90. The Kier molecular flexibility index (Phi) is 5.78. The molecule has 0 aromatic rings. The number of carbonyl (C=O) groups excluding carboxylic acids is 1. The molecule has 0 saturated heterocycles. The van der Waals surface area contributed by atoms with Crippen molar-refractivity contribution in [3.05, 3.63) is 0 Å². The second-order valence-corrected chi connectivity index (χ2v) is 4.90. The molecule has 1 unspecified atom stereocenters. The Morgan fingerprint density at radius 1 is 1.53 bits per heavy atom. The van der Waals surface area contributed by atoms with E-state index in [2.05, 4.69) is 24.2 Å². The van der Waals surface area contributed by atoms with Crippen LogP contribution in [0.15, 0.2) is 4.99 Å². The molecule has 0 aromatic carbocycles. The zero-order valence-corrected chi connectivity index (χ0v) is 11.1. The van der Waals surface area contributed by atoms with Crippen molar-refractivity contribution in [1.82, 2.24) is 5.32 Å². The fourth-order valence-electron chi connectivity index (χ4n) is 2.30. The van der Waals surface area contributed by atoms with Crippen LogP contribution in [-0.4, -0.2) is 29.0 Å². The van der Waals surface area contributed by atoms with Crippen molar-refractivity contribution in [2.24, 2.45) is 10.9 Å². The van der Waals surface area contributed by atoms with E-state index < -0.39 is 6.35 Å². The number of hydrogen-bond acceptors (Lipinski definition) is 4.